The van der Waals surface area contributed by atoms with E-state index in [1.54, 1.807) is 7.11 Å². The highest BCUT2D eigenvalue weighted by molar-refractivity contribution is 5.76. The highest BCUT2D eigenvalue weighted by Gasteiger charge is 2.01. The van der Waals surface area contributed by atoms with Crippen molar-refractivity contribution in [1.29, 1.82) is 0 Å². The predicted octanol–water partition coefficient (Wildman–Crippen LogP) is -0.542. The van der Waals surface area contributed by atoms with Gasteiger partial charge in [-0.05, 0) is 0 Å². The molecule has 0 aliphatic heterocycles. The molecular weight excluding hydrogens is 612 g/mol. The number of nitrogens with one attached hydrogen (secondary N) is 2. The van der Waals surface area contributed by atoms with Gasteiger partial charge >= 0.3 is 0 Å². The summed E-state index contributed by atoms with van der Waals surface area (Å²) in [5.41, 5.74) is 0. The van der Waals surface area contributed by atoms with Crippen molar-refractivity contribution in [3.05, 3.63) is 0 Å². The van der Waals surface area contributed by atoms with Crippen LogP contribution >= 0.6 is 0 Å². The van der Waals surface area contributed by atoms with Crippen LogP contribution in [0, 0.1) is 0 Å². The summed E-state index contributed by atoms with van der Waals surface area (Å²) in [6.07, 6.45) is 0.263. The molecule has 0 aromatic heterocycles. The molecule has 0 saturated heterocycles. The lowest BCUT2D eigenvalue weighted by atomic mass is 10.4. The van der Waals surface area contributed by atoms with Gasteiger partial charge in [-0.25, -0.2) is 0 Å². The van der Waals surface area contributed by atoms with Gasteiger partial charge in [0.05, 0.1) is 152 Å². The molecule has 0 atom stereocenters. The van der Waals surface area contributed by atoms with Gasteiger partial charge in [0, 0.05) is 33.5 Å². The first-order valence-corrected chi connectivity index (χ1v) is 16.0. The maximum Gasteiger partial charge on any atom is 0.222 e. The van der Waals surface area contributed by atoms with E-state index < -0.39 is 0 Å². The Morgan fingerprint density at radius 2 is 0.609 bits per heavy atom. The van der Waals surface area contributed by atoms with Crippen LogP contribution < -0.4 is 10.6 Å². The molecule has 2 amide bonds. The molecule has 0 fully saturated rings. The van der Waals surface area contributed by atoms with Crippen LogP contribution in [0.5, 0.6) is 0 Å². The summed E-state index contributed by atoms with van der Waals surface area (Å²) < 4.78 is 64.5. The molecule has 16 heteroatoms. The summed E-state index contributed by atoms with van der Waals surface area (Å²) in [6, 6.07) is 0. The van der Waals surface area contributed by atoms with Crippen molar-refractivity contribution in [2.75, 3.05) is 172 Å². The molecule has 0 rings (SSSR count). The second kappa shape index (κ2) is 39.6. The van der Waals surface area contributed by atoms with Crippen LogP contribution in [0.25, 0.3) is 0 Å². The third-order valence-corrected chi connectivity index (χ3v) is 5.45. The zero-order valence-electron chi connectivity index (χ0n) is 28.1. The van der Waals surface area contributed by atoms with E-state index in [0.29, 0.717) is 165 Å². The van der Waals surface area contributed by atoms with Gasteiger partial charge in [-0.15, -0.1) is 0 Å². The molecular formula is C30H60N2O14. The Hall–Kier alpha value is -1.54. The minimum atomic E-state index is -0.123. The molecule has 274 valence electrons. The third-order valence-electron chi connectivity index (χ3n) is 5.45. The molecule has 0 spiro atoms. The SMILES string of the molecule is COCCOCCOCCOCCOCCOCCOCCOCCOCCOCCOCCOCCC(=O)NCCNC(C)=O. The number of rotatable bonds is 39. The number of ether oxygens (including phenoxy) is 12. The molecule has 0 aromatic rings. The molecule has 46 heavy (non-hydrogen) atoms. The average molecular weight is 673 g/mol. The van der Waals surface area contributed by atoms with Gasteiger partial charge in [0.2, 0.25) is 11.8 Å². The van der Waals surface area contributed by atoms with E-state index in [1.807, 2.05) is 0 Å². The van der Waals surface area contributed by atoms with Crippen LogP contribution in [0.2, 0.25) is 0 Å². The highest BCUT2D eigenvalue weighted by atomic mass is 16.6. The molecule has 0 unspecified atom stereocenters. The molecule has 0 aromatic carbocycles. The number of methoxy groups -OCH3 is 1. The maximum absolute atomic E-state index is 11.6. The minimum absolute atomic E-state index is 0.118. The Kier molecular flexibility index (Phi) is 38.3. The molecule has 2 N–H and O–H groups in total. The number of hydrogen-bond donors (Lipinski definition) is 2. The predicted molar refractivity (Wildman–Crippen MR) is 167 cm³/mol. The second-order valence-corrected chi connectivity index (χ2v) is 9.31. The normalized spacial score (nSPS) is 11.3. The zero-order chi connectivity index (χ0) is 33.4. The Balaban J connectivity index is 3.09. The maximum atomic E-state index is 11.6. The van der Waals surface area contributed by atoms with E-state index in [0.717, 1.165) is 0 Å². The first-order chi connectivity index (χ1) is 22.7. The highest BCUT2D eigenvalue weighted by Crippen LogP contribution is 1.88. The number of hydrogen-bond acceptors (Lipinski definition) is 14. The number of amides is 2. The van der Waals surface area contributed by atoms with Gasteiger partial charge in [0.1, 0.15) is 0 Å². The largest absolute Gasteiger partial charge is 0.382 e. The van der Waals surface area contributed by atoms with Crippen LogP contribution in [-0.4, -0.2) is 184 Å². The van der Waals surface area contributed by atoms with Crippen molar-refractivity contribution in [3.8, 4) is 0 Å². The van der Waals surface area contributed by atoms with Crippen LogP contribution in [-0.2, 0) is 66.4 Å². The van der Waals surface area contributed by atoms with Crippen LogP contribution in [0.3, 0.4) is 0 Å². The summed E-state index contributed by atoms with van der Waals surface area (Å²) in [6.45, 7) is 13.5. The average Bonchev–Trinajstić information content (AvgIpc) is 3.05. The van der Waals surface area contributed by atoms with Crippen molar-refractivity contribution in [2.24, 2.45) is 0 Å². The lowest BCUT2D eigenvalue weighted by Crippen LogP contribution is -2.34. The van der Waals surface area contributed by atoms with E-state index in [1.165, 1.54) is 6.92 Å². The molecule has 16 nitrogen and oxygen atoms in total. The van der Waals surface area contributed by atoms with E-state index in [9.17, 15) is 9.59 Å². The van der Waals surface area contributed by atoms with Gasteiger partial charge in [-0.3, -0.25) is 9.59 Å². The van der Waals surface area contributed by atoms with E-state index >= 15 is 0 Å². The molecule has 0 radical (unpaired) electrons. The molecule has 0 aliphatic carbocycles. The topological polar surface area (TPSA) is 169 Å². The number of carbonyl (C=O) groups excluding carboxylic acids is 2. The fourth-order valence-electron chi connectivity index (χ4n) is 3.14. The van der Waals surface area contributed by atoms with Crippen LogP contribution in [0.15, 0.2) is 0 Å². The van der Waals surface area contributed by atoms with Crippen molar-refractivity contribution < 1.29 is 66.4 Å². The Morgan fingerprint density at radius 1 is 0.370 bits per heavy atom. The van der Waals surface area contributed by atoms with Gasteiger partial charge in [0.25, 0.3) is 0 Å². The summed E-state index contributed by atoms with van der Waals surface area (Å²) in [7, 11) is 1.64. The minimum Gasteiger partial charge on any atom is -0.382 e. The van der Waals surface area contributed by atoms with Crippen molar-refractivity contribution in [2.45, 2.75) is 13.3 Å². The van der Waals surface area contributed by atoms with Crippen molar-refractivity contribution >= 4 is 11.8 Å². The summed E-state index contributed by atoms with van der Waals surface area (Å²) in [4.78, 5) is 22.3. The van der Waals surface area contributed by atoms with Gasteiger partial charge in [-0.1, -0.05) is 0 Å². The monoisotopic (exact) mass is 672 g/mol. The standard InChI is InChI=1S/C30H60N2O14/c1-29(33)31-4-5-32-30(34)3-6-36-9-10-38-13-14-40-17-18-42-21-22-44-25-26-46-28-27-45-24-23-43-20-19-41-16-15-39-12-11-37-8-7-35-2/h3-28H2,1-2H3,(H,31,33)(H,32,34). The summed E-state index contributed by atoms with van der Waals surface area (Å²) >= 11 is 0. The van der Waals surface area contributed by atoms with Gasteiger partial charge in [0.15, 0.2) is 0 Å². The Morgan fingerprint density at radius 3 is 0.870 bits per heavy atom. The first-order valence-electron chi connectivity index (χ1n) is 16.0. The summed E-state index contributed by atoms with van der Waals surface area (Å²) in [5, 5.41) is 5.30. The second-order valence-electron chi connectivity index (χ2n) is 9.31. The molecule has 0 aliphatic rings. The lowest BCUT2D eigenvalue weighted by molar-refractivity contribution is -0.123. The van der Waals surface area contributed by atoms with Crippen LogP contribution in [0.4, 0.5) is 0 Å². The molecule has 0 bridgehead atoms. The first kappa shape index (κ1) is 44.5. The van der Waals surface area contributed by atoms with E-state index in [4.69, 9.17) is 56.8 Å². The molecule has 0 saturated carbocycles. The molecule has 0 heterocycles. The van der Waals surface area contributed by atoms with E-state index in [2.05, 4.69) is 10.6 Å². The quantitative estimate of drug-likeness (QED) is 0.0799. The summed E-state index contributed by atoms with van der Waals surface area (Å²) in [5.74, 6) is -0.241. The van der Waals surface area contributed by atoms with Crippen LogP contribution in [0.1, 0.15) is 13.3 Å². The fourth-order valence-corrected chi connectivity index (χ4v) is 3.14. The Labute approximate surface area is 274 Å². The Bertz CT molecular complexity index is 636. The van der Waals surface area contributed by atoms with Crippen molar-refractivity contribution in [3.63, 3.8) is 0 Å². The zero-order valence-corrected chi connectivity index (χ0v) is 28.1. The number of carbonyl (C=O) groups is 2. The third kappa shape index (κ3) is 40.5. The van der Waals surface area contributed by atoms with Gasteiger partial charge < -0.3 is 67.5 Å². The smallest absolute Gasteiger partial charge is 0.222 e. The van der Waals surface area contributed by atoms with Crippen molar-refractivity contribution in [1.82, 2.24) is 10.6 Å². The van der Waals surface area contributed by atoms with E-state index in [-0.39, 0.29) is 18.2 Å². The van der Waals surface area contributed by atoms with Gasteiger partial charge in [-0.2, -0.15) is 0 Å². The fraction of sp³-hybridized carbons (Fsp3) is 0.933. The lowest BCUT2D eigenvalue weighted by Gasteiger charge is -2.09.